The molecule has 0 spiro atoms. The maximum atomic E-state index is 13.9. The number of hydrogen-bond donors (Lipinski definition) is 1. The average molecular weight is 579 g/mol. The standard InChI is InChI=1S/C29H31BrN4O4/c1-5-26(36)33-16-29(3,17-33)31-25(35)15-34-18(2)27(22-13-20(30)9-10-23(22)34)28(37)32-12-11-21-19(14-32)7-6-8-24(21)38-4/h5-10,13H,1,11-12,14-17H2,2-4H3,(H,31,35). The van der Waals surface area contributed by atoms with E-state index in [2.05, 4.69) is 27.8 Å². The molecule has 1 aromatic heterocycles. The van der Waals surface area contributed by atoms with E-state index in [0.717, 1.165) is 44.4 Å². The van der Waals surface area contributed by atoms with Crippen molar-refractivity contribution in [3.05, 3.63) is 75.9 Å². The molecule has 0 atom stereocenters. The van der Waals surface area contributed by atoms with E-state index in [1.807, 2.05) is 59.7 Å². The largest absolute Gasteiger partial charge is 0.496 e. The zero-order valence-corrected chi connectivity index (χ0v) is 23.4. The maximum absolute atomic E-state index is 13.9. The van der Waals surface area contributed by atoms with Crippen LogP contribution < -0.4 is 10.1 Å². The summed E-state index contributed by atoms with van der Waals surface area (Å²) in [7, 11) is 1.67. The minimum absolute atomic E-state index is 0.0530. The maximum Gasteiger partial charge on any atom is 0.256 e. The molecule has 3 heterocycles. The zero-order valence-electron chi connectivity index (χ0n) is 21.8. The van der Waals surface area contributed by atoms with E-state index >= 15 is 0 Å². The Labute approximate surface area is 230 Å². The predicted molar refractivity (Wildman–Crippen MR) is 149 cm³/mol. The summed E-state index contributed by atoms with van der Waals surface area (Å²) in [5.41, 5.74) is 3.93. The molecule has 2 aromatic carbocycles. The molecule has 1 N–H and O–H groups in total. The molecule has 0 radical (unpaired) electrons. The normalized spacial score (nSPS) is 16.0. The summed E-state index contributed by atoms with van der Waals surface area (Å²) in [4.78, 5) is 42.4. The molecule has 0 saturated carbocycles. The van der Waals surface area contributed by atoms with Gasteiger partial charge in [0.25, 0.3) is 5.91 Å². The fraction of sp³-hybridized carbons (Fsp3) is 0.345. The number of aromatic nitrogens is 1. The first-order valence-electron chi connectivity index (χ1n) is 12.6. The van der Waals surface area contributed by atoms with Gasteiger partial charge in [-0.15, -0.1) is 0 Å². The Morgan fingerprint density at radius 3 is 2.66 bits per heavy atom. The third kappa shape index (κ3) is 4.60. The van der Waals surface area contributed by atoms with Gasteiger partial charge in [0.2, 0.25) is 11.8 Å². The summed E-state index contributed by atoms with van der Waals surface area (Å²) in [6.07, 6.45) is 2.00. The number of hydrogen-bond acceptors (Lipinski definition) is 4. The number of amides is 3. The van der Waals surface area contributed by atoms with E-state index in [4.69, 9.17) is 4.74 Å². The van der Waals surface area contributed by atoms with Gasteiger partial charge in [-0.1, -0.05) is 34.6 Å². The predicted octanol–water partition coefficient (Wildman–Crippen LogP) is 3.82. The van der Waals surface area contributed by atoms with Crippen molar-refractivity contribution < 1.29 is 19.1 Å². The average Bonchev–Trinajstić information content (AvgIpc) is 3.15. The lowest BCUT2D eigenvalue weighted by Gasteiger charge is -2.48. The highest BCUT2D eigenvalue weighted by Crippen LogP contribution is 2.33. The molecule has 198 valence electrons. The molecule has 1 saturated heterocycles. The number of likely N-dealkylation sites (tertiary alicyclic amines) is 1. The number of rotatable bonds is 6. The molecule has 5 rings (SSSR count). The van der Waals surface area contributed by atoms with Crippen molar-refractivity contribution in [1.29, 1.82) is 0 Å². The lowest BCUT2D eigenvalue weighted by molar-refractivity contribution is -0.137. The molecule has 1 fully saturated rings. The molecule has 0 bridgehead atoms. The Hall–Kier alpha value is -3.59. The SMILES string of the molecule is C=CC(=O)N1CC(C)(NC(=O)Cn2c(C)c(C(=O)N3CCc4c(cccc4OC)C3)c3cc(Br)ccc32)C1. The van der Waals surface area contributed by atoms with E-state index in [0.29, 0.717) is 31.7 Å². The summed E-state index contributed by atoms with van der Waals surface area (Å²) in [5, 5.41) is 3.88. The summed E-state index contributed by atoms with van der Waals surface area (Å²) in [6.45, 7) is 9.38. The first-order valence-corrected chi connectivity index (χ1v) is 13.4. The highest BCUT2D eigenvalue weighted by atomic mass is 79.9. The third-order valence-corrected chi connectivity index (χ3v) is 8.03. The molecule has 2 aliphatic heterocycles. The van der Waals surface area contributed by atoms with Crippen molar-refractivity contribution in [3.8, 4) is 5.75 Å². The molecule has 9 heteroatoms. The molecule has 0 unspecified atom stereocenters. The number of benzene rings is 2. The highest BCUT2D eigenvalue weighted by molar-refractivity contribution is 9.10. The van der Waals surface area contributed by atoms with Gasteiger partial charge in [-0.2, -0.15) is 0 Å². The topological polar surface area (TPSA) is 83.9 Å². The second-order valence-corrected chi connectivity index (χ2v) is 11.2. The van der Waals surface area contributed by atoms with Crippen LogP contribution in [0, 0.1) is 6.92 Å². The molecular weight excluding hydrogens is 548 g/mol. The van der Waals surface area contributed by atoms with Crippen LogP contribution in [-0.4, -0.2) is 64.4 Å². The third-order valence-electron chi connectivity index (χ3n) is 7.54. The van der Waals surface area contributed by atoms with Crippen LogP contribution in [0.1, 0.15) is 34.1 Å². The zero-order chi connectivity index (χ0) is 27.2. The molecule has 3 aromatic rings. The number of methoxy groups -OCH3 is 1. The summed E-state index contributed by atoms with van der Waals surface area (Å²) in [5.74, 6) is 0.493. The summed E-state index contributed by atoms with van der Waals surface area (Å²) < 4.78 is 8.29. The van der Waals surface area contributed by atoms with Gasteiger partial charge in [0.05, 0.1) is 18.2 Å². The fourth-order valence-electron chi connectivity index (χ4n) is 5.71. The van der Waals surface area contributed by atoms with Crippen LogP contribution in [0.3, 0.4) is 0 Å². The van der Waals surface area contributed by atoms with Gasteiger partial charge >= 0.3 is 0 Å². The van der Waals surface area contributed by atoms with Gasteiger partial charge in [-0.25, -0.2) is 0 Å². The molecule has 38 heavy (non-hydrogen) atoms. The van der Waals surface area contributed by atoms with Crippen molar-refractivity contribution >= 4 is 44.6 Å². The fourth-order valence-corrected chi connectivity index (χ4v) is 6.07. The molecule has 0 aliphatic carbocycles. The van der Waals surface area contributed by atoms with Gasteiger partial charge < -0.3 is 24.4 Å². The second-order valence-electron chi connectivity index (χ2n) is 10.3. The molecule has 2 aliphatic rings. The van der Waals surface area contributed by atoms with E-state index < -0.39 is 5.54 Å². The Balaban J connectivity index is 1.41. The minimum atomic E-state index is -0.490. The van der Waals surface area contributed by atoms with Gasteiger partial charge in [0.1, 0.15) is 12.3 Å². The lowest BCUT2D eigenvalue weighted by atomic mass is 9.92. The van der Waals surface area contributed by atoms with Gasteiger partial charge in [0, 0.05) is 52.8 Å². The van der Waals surface area contributed by atoms with Crippen molar-refractivity contribution in [1.82, 2.24) is 19.7 Å². The first-order chi connectivity index (χ1) is 18.1. The number of ether oxygens (including phenoxy) is 1. The van der Waals surface area contributed by atoms with Crippen LogP contribution in [0.5, 0.6) is 5.75 Å². The van der Waals surface area contributed by atoms with Crippen LogP contribution in [0.4, 0.5) is 0 Å². The van der Waals surface area contributed by atoms with E-state index in [-0.39, 0.29) is 24.3 Å². The summed E-state index contributed by atoms with van der Waals surface area (Å²) in [6, 6.07) is 11.7. The lowest BCUT2D eigenvalue weighted by Crippen LogP contribution is -2.69. The van der Waals surface area contributed by atoms with Gasteiger partial charge in [-0.05, 0) is 56.2 Å². The number of fused-ring (bicyclic) bond motifs is 2. The smallest absolute Gasteiger partial charge is 0.256 e. The first kappa shape index (κ1) is 26.0. The number of nitrogens with zero attached hydrogens (tertiary/aromatic N) is 3. The Morgan fingerprint density at radius 1 is 1.18 bits per heavy atom. The van der Waals surface area contributed by atoms with Crippen LogP contribution in [0.2, 0.25) is 0 Å². The van der Waals surface area contributed by atoms with Crippen LogP contribution in [0.25, 0.3) is 10.9 Å². The van der Waals surface area contributed by atoms with Crippen LogP contribution >= 0.6 is 15.9 Å². The van der Waals surface area contributed by atoms with Gasteiger partial charge in [-0.3, -0.25) is 14.4 Å². The molecule has 3 amide bonds. The van der Waals surface area contributed by atoms with Crippen molar-refractivity contribution in [2.75, 3.05) is 26.7 Å². The monoisotopic (exact) mass is 578 g/mol. The van der Waals surface area contributed by atoms with Crippen LogP contribution in [-0.2, 0) is 29.1 Å². The van der Waals surface area contributed by atoms with E-state index in [1.54, 1.807) is 12.0 Å². The molecule has 8 nitrogen and oxygen atoms in total. The number of carbonyl (C=O) groups is 3. The molecular formula is C29H31BrN4O4. The number of nitrogens with one attached hydrogen (secondary N) is 1. The minimum Gasteiger partial charge on any atom is -0.496 e. The number of carbonyl (C=O) groups excluding carboxylic acids is 3. The Morgan fingerprint density at radius 2 is 1.95 bits per heavy atom. The van der Waals surface area contributed by atoms with Crippen molar-refractivity contribution in [2.45, 2.75) is 38.9 Å². The van der Waals surface area contributed by atoms with Gasteiger partial charge in [0.15, 0.2) is 0 Å². The quantitative estimate of drug-likeness (QED) is 0.451. The van der Waals surface area contributed by atoms with Crippen molar-refractivity contribution in [3.63, 3.8) is 0 Å². The summed E-state index contributed by atoms with van der Waals surface area (Å²) >= 11 is 3.55. The van der Waals surface area contributed by atoms with Crippen LogP contribution in [0.15, 0.2) is 53.5 Å². The Kier molecular flexibility index (Phi) is 6.81. The van der Waals surface area contributed by atoms with Crippen molar-refractivity contribution in [2.24, 2.45) is 0 Å². The van der Waals surface area contributed by atoms with E-state index in [9.17, 15) is 14.4 Å². The van der Waals surface area contributed by atoms with E-state index in [1.165, 1.54) is 6.08 Å². The highest BCUT2D eigenvalue weighted by Gasteiger charge is 2.41. The second kappa shape index (κ2) is 9.94. The Bertz CT molecular complexity index is 1470. The number of halogens is 1.